The number of nitrogens with zero attached hydrogens (tertiary/aromatic N) is 1. The number of carbonyl (C=O) groups excluding carboxylic acids is 1. The first-order valence-electron chi connectivity index (χ1n) is 3.46. The molecule has 0 aromatic carbocycles. The van der Waals surface area contributed by atoms with Crippen molar-refractivity contribution in [1.29, 1.82) is 0 Å². The Balaban J connectivity index is 3.26. The SMILES string of the molecule is COc1cc(Cl)c(C=O)nc1OC. The number of pyridine rings is 1. The molecule has 1 heterocycles. The van der Waals surface area contributed by atoms with Gasteiger partial charge in [0.15, 0.2) is 12.0 Å². The molecule has 0 aliphatic heterocycles. The van der Waals surface area contributed by atoms with E-state index in [-0.39, 0.29) is 16.6 Å². The second-order valence-electron chi connectivity index (χ2n) is 2.18. The van der Waals surface area contributed by atoms with Gasteiger partial charge >= 0.3 is 0 Å². The molecule has 0 fully saturated rings. The minimum Gasteiger partial charge on any atom is -0.491 e. The van der Waals surface area contributed by atoms with Crippen LogP contribution in [0.1, 0.15) is 10.5 Å². The van der Waals surface area contributed by atoms with Gasteiger partial charge in [-0.25, -0.2) is 4.98 Å². The smallest absolute Gasteiger partial charge is 0.257 e. The first-order chi connectivity index (χ1) is 6.22. The van der Waals surface area contributed by atoms with Crippen LogP contribution in [0.4, 0.5) is 0 Å². The number of halogens is 1. The number of aldehydes is 1. The van der Waals surface area contributed by atoms with Crippen molar-refractivity contribution in [1.82, 2.24) is 4.98 Å². The van der Waals surface area contributed by atoms with E-state index in [9.17, 15) is 4.79 Å². The van der Waals surface area contributed by atoms with Crippen molar-refractivity contribution >= 4 is 17.9 Å². The molecule has 0 spiro atoms. The van der Waals surface area contributed by atoms with Crippen molar-refractivity contribution in [3.8, 4) is 11.6 Å². The van der Waals surface area contributed by atoms with Crippen LogP contribution in [0.25, 0.3) is 0 Å². The quantitative estimate of drug-likeness (QED) is 0.697. The Kier molecular flexibility index (Phi) is 3.08. The predicted molar refractivity (Wildman–Crippen MR) is 47.7 cm³/mol. The number of carbonyl (C=O) groups is 1. The lowest BCUT2D eigenvalue weighted by molar-refractivity contribution is 0.111. The van der Waals surface area contributed by atoms with E-state index in [4.69, 9.17) is 21.1 Å². The molecule has 0 bridgehead atoms. The molecule has 0 aliphatic rings. The van der Waals surface area contributed by atoms with Crippen LogP contribution in [0.5, 0.6) is 11.6 Å². The fraction of sp³-hybridized carbons (Fsp3) is 0.250. The second-order valence-corrected chi connectivity index (χ2v) is 2.59. The summed E-state index contributed by atoms with van der Waals surface area (Å²) < 4.78 is 9.81. The van der Waals surface area contributed by atoms with Crippen LogP contribution in [0.15, 0.2) is 6.07 Å². The third-order valence-electron chi connectivity index (χ3n) is 1.46. The highest BCUT2D eigenvalue weighted by molar-refractivity contribution is 6.32. The molecule has 70 valence electrons. The van der Waals surface area contributed by atoms with Gasteiger partial charge in [-0.15, -0.1) is 0 Å². The summed E-state index contributed by atoms with van der Waals surface area (Å²) in [6, 6.07) is 1.48. The average Bonchev–Trinajstić information content (AvgIpc) is 2.17. The Morgan fingerprint density at radius 1 is 1.46 bits per heavy atom. The van der Waals surface area contributed by atoms with Crippen LogP contribution in [0, 0.1) is 0 Å². The Labute approximate surface area is 80.4 Å². The van der Waals surface area contributed by atoms with Crippen LogP contribution in [-0.4, -0.2) is 25.5 Å². The van der Waals surface area contributed by atoms with Gasteiger partial charge in [-0.3, -0.25) is 4.79 Å². The molecule has 5 heteroatoms. The molecule has 1 rings (SSSR count). The molecule has 1 aromatic heterocycles. The summed E-state index contributed by atoms with van der Waals surface area (Å²) in [5.41, 5.74) is 0.138. The monoisotopic (exact) mass is 201 g/mol. The lowest BCUT2D eigenvalue weighted by Gasteiger charge is -2.06. The van der Waals surface area contributed by atoms with Gasteiger partial charge in [-0.2, -0.15) is 0 Å². The molecule has 0 atom stereocenters. The van der Waals surface area contributed by atoms with Gasteiger partial charge in [0.2, 0.25) is 0 Å². The lowest BCUT2D eigenvalue weighted by atomic mass is 10.3. The molecule has 0 saturated carbocycles. The standard InChI is InChI=1S/C8H8ClNO3/c1-12-7-3-5(9)6(4-11)10-8(7)13-2/h3-4H,1-2H3. The maximum absolute atomic E-state index is 10.5. The predicted octanol–water partition coefficient (Wildman–Crippen LogP) is 1.56. The van der Waals surface area contributed by atoms with Gasteiger partial charge in [-0.1, -0.05) is 11.6 Å². The molecule has 0 radical (unpaired) electrons. The maximum atomic E-state index is 10.5. The summed E-state index contributed by atoms with van der Waals surface area (Å²) in [5.74, 6) is 0.645. The molecular formula is C8H8ClNO3. The van der Waals surface area contributed by atoms with Crippen molar-refractivity contribution in [3.05, 3.63) is 16.8 Å². The Morgan fingerprint density at radius 3 is 2.62 bits per heavy atom. The average molecular weight is 202 g/mol. The zero-order chi connectivity index (χ0) is 9.84. The van der Waals surface area contributed by atoms with Crippen LogP contribution < -0.4 is 9.47 Å². The molecule has 13 heavy (non-hydrogen) atoms. The number of ether oxygens (including phenoxy) is 2. The highest BCUT2D eigenvalue weighted by atomic mass is 35.5. The molecule has 1 aromatic rings. The van der Waals surface area contributed by atoms with Gasteiger partial charge < -0.3 is 9.47 Å². The fourth-order valence-electron chi connectivity index (χ4n) is 0.844. The van der Waals surface area contributed by atoms with E-state index >= 15 is 0 Å². The van der Waals surface area contributed by atoms with Gasteiger partial charge in [-0.05, 0) is 0 Å². The summed E-state index contributed by atoms with van der Waals surface area (Å²) in [4.78, 5) is 14.3. The molecular weight excluding hydrogens is 194 g/mol. The van der Waals surface area contributed by atoms with E-state index in [1.807, 2.05) is 0 Å². The number of methoxy groups -OCH3 is 2. The molecule has 0 N–H and O–H groups in total. The minimum absolute atomic E-state index is 0.138. The first-order valence-corrected chi connectivity index (χ1v) is 3.84. The first kappa shape index (κ1) is 9.80. The summed E-state index contributed by atoms with van der Waals surface area (Å²) in [5, 5.41) is 0.243. The summed E-state index contributed by atoms with van der Waals surface area (Å²) >= 11 is 5.71. The largest absolute Gasteiger partial charge is 0.491 e. The van der Waals surface area contributed by atoms with Gasteiger partial charge in [0.25, 0.3) is 5.88 Å². The number of aromatic nitrogens is 1. The van der Waals surface area contributed by atoms with Crippen LogP contribution in [0.2, 0.25) is 5.02 Å². The van der Waals surface area contributed by atoms with Crippen molar-refractivity contribution in [3.63, 3.8) is 0 Å². The molecule has 0 aliphatic carbocycles. The number of hydrogen-bond donors (Lipinski definition) is 0. The van der Waals surface area contributed by atoms with Crippen LogP contribution >= 0.6 is 11.6 Å². The topological polar surface area (TPSA) is 48.4 Å². The zero-order valence-electron chi connectivity index (χ0n) is 7.20. The molecule has 0 saturated heterocycles. The van der Waals surface area contributed by atoms with Gasteiger partial charge in [0.1, 0.15) is 5.69 Å². The molecule has 0 unspecified atom stereocenters. The van der Waals surface area contributed by atoms with Crippen molar-refractivity contribution < 1.29 is 14.3 Å². The molecule has 4 nitrogen and oxygen atoms in total. The Bertz CT molecular complexity index is 327. The Morgan fingerprint density at radius 2 is 2.15 bits per heavy atom. The fourth-order valence-corrected chi connectivity index (χ4v) is 1.03. The van der Waals surface area contributed by atoms with E-state index in [0.29, 0.717) is 12.0 Å². The highest BCUT2D eigenvalue weighted by Gasteiger charge is 2.10. The third-order valence-corrected chi connectivity index (χ3v) is 1.76. The van der Waals surface area contributed by atoms with Crippen LogP contribution in [-0.2, 0) is 0 Å². The van der Waals surface area contributed by atoms with E-state index < -0.39 is 0 Å². The van der Waals surface area contributed by atoms with Gasteiger partial charge in [0.05, 0.1) is 19.2 Å². The van der Waals surface area contributed by atoms with Gasteiger partial charge in [0, 0.05) is 6.07 Å². The number of rotatable bonds is 3. The highest BCUT2D eigenvalue weighted by Crippen LogP contribution is 2.28. The summed E-state index contributed by atoms with van der Waals surface area (Å²) in [7, 11) is 2.91. The Hall–Kier alpha value is -1.29. The summed E-state index contributed by atoms with van der Waals surface area (Å²) in [6.45, 7) is 0. The molecule has 0 amide bonds. The van der Waals surface area contributed by atoms with E-state index in [1.165, 1.54) is 20.3 Å². The van der Waals surface area contributed by atoms with Crippen molar-refractivity contribution in [2.24, 2.45) is 0 Å². The number of hydrogen-bond acceptors (Lipinski definition) is 4. The van der Waals surface area contributed by atoms with Crippen molar-refractivity contribution in [2.75, 3.05) is 14.2 Å². The maximum Gasteiger partial charge on any atom is 0.257 e. The van der Waals surface area contributed by atoms with E-state index in [0.717, 1.165) is 0 Å². The van der Waals surface area contributed by atoms with E-state index in [2.05, 4.69) is 4.98 Å². The lowest BCUT2D eigenvalue weighted by Crippen LogP contribution is -1.97. The summed E-state index contributed by atoms with van der Waals surface area (Å²) in [6.07, 6.45) is 0.560. The second kappa shape index (κ2) is 4.09. The zero-order valence-corrected chi connectivity index (χ0v) is 7.96. The van der Waals surface area contributed by atoms with E-state index in [1.54, 1.807) is 0 Å². The normalized spacial score (nSPS) is 9.46. The van der Waals surface area contributed by atoms with Crippen LogP contribution in [0.3, 0.4) is 0 Å². The third kappa shape index (κ3) is 1.89. The minimum atomic E-state index is 0.138. The van der Waals surface area contributed by atoms with Crippen molar-refractivity contribution in [2.45, 2.75) is 0 Å².